The van der Waals surface area contributed by atoms with E-state index in [-0.39, 0.29) is 0 Å². The topological polar surface area (TPSA) is 12.0 Å². The maximum Gasteiger partial charge on any atom is 0.0238 e. The molecule has 1 atom stereocenters. The molecule has 94 valence electrons. The summed E-state index contributed by atoms with van der Waals surface area (Å²) in [5.41, 5.74) is 2.17. The van der Waals surface area contributed by atoms with Crippen molar-refractivity contribution in [2.75, 3.05) is 6.54 Å². The largest absolute Gasteiger partial charge is 0.311 e. The maximum absolute atomic E-state index is 3.67. The number of hydrogen-bond donors (Lipinski definition) is 1. The summed E-state index contributed by atoms with van der Waals surface area (Å²) >= 11 is 3.49. The molecule has 1 heterocycles. The van der Waals surface area contributed by atoms with E-state index in [2.05, 4.69) is 66.3 Å². The molecule has 0 aromatic heterocycles. The van der Waals surface area contributed by atoms with E-state index < -0.39 is 0 Å². The molecule has 1 aromatic rings. The number of benzene rings is 1. The molecular formula is C15H22BrN. The summed E-state index contributed by atoms with van der Waals surface area (Å²) in [6, 6.07) is 8.74. The Morgan fingerprint density at radius 3 is 2.24 bits per heavy atom. The highest BCUT2D eigenvalue weighted by Gasteiger charge is 2.39. The standard InChI is InChI=1S/C15H22BrN/c1-14(2,3)11-15(8-9-17-15)10-12-4-6-13(16)7-5-12/h4-7,17H,8-11H2,1-3H3. The number of halogens is 1. The molecule has 0 saturated carbocycles. The van der Waals surface area contributed by atoms with Gasteiger partial charge in [0.15, 0.2) is 0 Å². The van der Waals surface area contributed by atoms with Crippen LogP contribution in [-0.4, -0.2) is 12.1 Å². The molecule has 0 aliphatic carbocycles. The molecule has 0 spiro atoms. The van der Waals surface area contributed by atoms with Crippen molar-refractivity contribution in [3.05, 3.63) is 34.3 Å². The molecule has 1 N–H and O–H groups in total. The second kappa shape index (κ2) is 4.74. The van der Waals surface area contributed by atoms with Crippen molar-refractivity contribution in [2.24, 2.45) is 5.41 Å². The first kappa shape index (κ1) is 13.1. The van der Waals surface area contributed by atoms with E-state index in [0.717, 1.165) is 10.9 Å². The Balaban J connectivity index is 2.07. The lowest BCUT2D eigenvalue weighted by atomic mass is 9.71. The van der Waals surface area contributed by atoms with Gasteiger partial charge in [-0.3, -0.25) is 0 Å². The lowest BCUT2D eigenvalue weighted by Gasteiger charge is -2.47. The van der Waals surface area contributed by atoms with Gasteiger partial charge in [-0.2, -0.15) is 0 Å². The second-order valence-electron chi connectivity index (χ2n) is 6.50. The molecule has 0 bridgehead atoms. The smallest absolute Gasteiger partial charge is 0.0238 e. The maximum atomic E-state index is 3.67. The number of nitrogens with one attached hydrogen (secondary N) is 1. The molecule has 1 aromatic carbocycles. The summed E-state index contributed by atoms with van der Waals surface area (Å²) < 4.78 is 1.16. The summed E-state index contributed by atoms with van der Waals surface area (Å²) in [6.45, 7) is 8.16. The molecule has 1 aliphatic heterocycles. The third-order valence-corrected chi connectivity index (χ3v) is 3.96. The van der Waals surface area contributed by atoms with Crippen LogP contribution in [0.25, 0.3) is 0 Å². The minimum Gasteiger partial charge on any atom is -0.311 e. The summed E-state index contributed by atoms with van der Waals surface area (Å²) in [5.74, 6) is 0. The normalized spacial score (nSPS) is 24.5. The summed E-state index contributed by atoms with van der Waals surface area (Å²) in [4.78, 5) is 0. The minimum absolute atomic E-state index is 0.339. The van der Waals surface area contributed by atoms with Crippen LogP contribution in [0.1, 0.15) is 39.2 Å². The number of rotatable bonds is 3. The molecule has 1 aliphatic rings. The van der Waals surface area contributed by atoms with Crippen molar-refractivity contribution in [1.82, 2.24) is 5.32 Å². The van der Waals surface area contributed by atoms with Crippen LogP contribution in [0.3, 0.4) is 0 Å². The first-order valence-electron chi connectivity index (χ1n) is 6.38. The van der Waals surface area contributed by atoms with Gasteiger partial charge in [0, 0.05) is 10.0 Å². The Labute approximate surface area is 113 Å². The average molecular weight is 296 g/mol. The van der Waals surface area contributed by atoms with Crippen molar-refractivity contribution < 1.29 is 0 Å². The van der Waals surface area contributed by atoms with Crippen molar-refractivity contribution in [3.63, 3.8) is 0 Å². The van der Waals surface area contributed by atoms with Gasteiger partial charge in [-0.25, -0.2) is 0 Å². The van der Waals surface area contributed by atoms with Gasteiger partial charge in [-0.15, -0.1) is 0 Å². The first-order valence-corrected chi connectivity index (χ1v) is 7.17. The zero-order valence-corrected chi connectivity index (χ0v) is 12.6. The summed E-state index contributed by atoms with van der Waals surface area (Å²) in [6.07, 6.45) is 3.70. The molecule has 0 radical (unpaired) electrons. The third kappa shape index (κ3) is 3.56. The van der Waals surface area contributed by atoms with Crippen molar-refractivity contribution in [3.8, 4) is 0 Å². The Bertz CT molecular complexity index is 371. The lowest BCUT2D eigenvalue weighted by Crippen LogP contribution is -2.59. The average Bonchev–Trinajstić information content (AvgIpc) is 2.16. The van der Waals surface area contributed by atoms with Crippen LogP contribution in [0.5, 0.6) is 0 Å². The van der Waals surface area contributed by atoms with Crippen LogP contribution < -0.4 is 5.32 Å². The van der Waals surface area contributed by atoms with E-state index in [1.54, 1.807) is 0 Å². The van der Waals surface area contributed by atoms with E-state index in [9.17, 15) is 0 Å². The molecule has 1 unspecified atom stereocenters. The van der Waals surface area contributed by atoms with Crippen LogP contribution in [-0.2, 0) is 6.42 Å². The molecular weight excluding hydrogens is 274 g/mol. The van der Waals surface area contributed by atoms with Crippen LogP contribution in [0.2, 0.25) is 0 Å². The van der Waals surface area contributed by atoms with Gasteiger partial charge in [-0.05, 0) is 48.9 Å². The lowest BCUT2D eigenvalue weighted by molar-refractivity contribution is 0.132. The summed E-state index contributed by atoms with van der Waals surface area (Å²) in [7, 11) is 0. The van der Waals surface area contributed by atoms with E-state index in [4.69, 9.17) is 0 Å². The van der Waals surface area contributed by atoms with E-state index in [1.165, 1.54) is 24.9 Å². The predicted octanol–water partition coefficient (Wildman–Crippen LogP) is 4.16. The van der Waals surface area contributed by atoms with Crippen molar-refractivity contribution in [2.45, 2.75) is 45.6 Å². The zero-order chi connectivity index (χ0) is 12.5. The molecule has 1 saturated heterocycles. The van der Waals surface area contributed by atoms with Crippen LogP contribution in [0, 0.1) is 5.41 Å². The zero-order valence-electron chi connectivity index (χ0n) is 11.0. The van der Waals surface area contributed by atoms with E-state index in [1.807, 2.05) is 0 Å². The molecule has 2 heteroatoms. The predicted molar refractivity (Wildman–Crippen MR) is 77.3 cm³/mol. The van der Waals surface area contributed by atoms with Gasteiger partial charge in [0.1, 0.15) is 0 Å². The van der Waals surface area contributed by atoms with Crippen molar-refractivity contribution >= 4 is 15.9 Å². The van der Waals surface area contributed by atoms with E-state index in [0.29, 0.717) is 11.0 Å². The third-order valence-electron chi connectivity index (χ3n) is 3.43. The fraction of sp³-hybridized carbons (Fsp3) is 0.600. The van der Waals surface area contributed by atoms with Crippen molar-refractivity contribution in [1.29, 1.82) is 0 Å². The highest BCUT2D eigenvalue weighted by Crippen LogP contribution is 2.36. The number of hydrogen-bond acceptors (Lipinski definition) is 1. The SMILES string of the molecule is CC(C)(C)CC1(Cc2ccc(Br)cc2)CCN1. The van der Waals surface area contributed by atoms with Crippen LogP contribution in [0.15, 0.2) is 28.7 Å². The Kier molecular flexibility index (Phi) is 3.65. The van der Waals surface area contributed by atoms with Gasteiger partial charge < -0.3 is 5.32 Å². The van der Waals surface area contributed by atoms with E-state index >= 15 is 0 Å². The van der Waals surface area contributed by atoms with Crippen LogP contribution >= 0.6 is 15.9 Å². The first-order chi connectivity index (χ1) is 7.89. The quantitative estimate of drug-likeness (QED) is 0.883. The van der Waals surface area contributed by atoms with Gasteiger partial charge >= 0.3 is 0 Å². The molecule has 0 amide bonds. The highest BCUT2D eigenvalue weighted by atomic mass is 79.9. The van der Waals surface area contributed by atoms with Gasteiger partial charge in [0.25, 0.3) is 0 Å². The fourth-order valence-electron chi connectivity index (χ4n) is 2.85. The van der Waals surface area contributed by atoms with Crippen LogP contribution in [0.4, 0.5) is 0 Å². The highest BCUT2D eigenvalue weighted by molar-refractivity contribution is 9.10. The molecule has 1 nitrogen and oxygen atoms in total. The second-order valence-corrected chi connectivity index (χ2v) is 7.41. The van der Waals surface area contributed by atoms with Gasteiger partial charge in [0.05, 0.1) is 0 Å². The molecule has 1 fully saturated rings. The Morgan fingerprint density at radius 1 is 1.24 bits per heavy atom. The molecule has 2 rings (SSSR count). The summed E-state index contributed by atoms with van der Waals surface area (Å²) in [5, 5.41) is 3.67. The minimum atomic E-state index is 0.339. The van der Waals surface area contributed by atoms with Gasteiger partial charge in [0.2, 0.25) is 0 Å². The molecule has 17 heavy (non-hydrogen) atoms. The van der Waals surface area contributed by atoms with Gasteiger partial charge in [-0.1, -0.05) is 48.8 Å². The monoisotopic (exact) mass is 295 g/mol. The Hall–Kier alpha value is -0.340. The fourth-order valence-corrected chi connectivity index (χ4v) is 3.12. The Morgan fingerprint density at radius 2 is 1.82 bits per heavy atom.